The van der Waals surface area contributed by atoms with Crippen LogP contribution in [0.3, 0.4) is 0 Å². The van der Waals surface area contributed by atoms with Crippen LogP contribution in [0.4, 0.5) is 5.69 Å². The molecule has 21 heavy (non-hydrogen) atoms. The van der Waals surface area contributed by atoms with E-state index in [1.54, 1.807) is 0 Å². The third-order valence-electron chi connectivity index (χ3n) is 4.23. The van der Waals surface area contributed by atoms with Crippen molar-refractivity contribution in [1.82, 2.24) is 0 Å². The van der Waals surface area contributed by atoms with Crippen molar-refractivity contribution in [1.29, 1.82) is 0 Å². The molecular weight excluding hydrogens is 254 g/mol. The minimum absolute atomic E-state index is 1.11. The van der Waals surface area contributed by atoms with Crippen LogP contribution in [0, 0.1) is 13.8 Å². The van der Waals surface area contributed by atoms with Gasteiger partial charge < -0.3 is 5.32 Å². The van der Waals surface area contributed by atoms with Gasteiger partial charge >= 0.3 is 0 Å². The highest BCUT2D eigenvalue weighted by molar-refractivity contribution is 5.51. The molecule has 0 aromatic heterocycles. The van der Waals surface area contributed by atoms with Crippen molar-refractivity contribution in [3.8, 4) is 0 Å². The van der Waals surface area contributed by atoms with Crippen molar-refractivity contribution in [2.24, 2.45) is 0 Å². The average Bonchev–Trinajstić information content (AvgIpc) is 2.46. The quantitative estimate of drug-likeness (QED) is 0.425. The topological polar surface area (TPSA) is 12.0 Å². The maximum Gasteiger partial charge on any atom is 0.0370 e. The summed E-state index contributed by atoms with van der Waals surface area (Å²) in [6.45, 7) is 7.74. The Hall–Kier alpha value is -0.980. The summed E-state index contributed by atoms with van der Waals surface area (Å²) in [6, 6.07) is 6.65. The van der Waals surface area contributed by atoms with Gasteiger partial charge in [0, 0.05) is 12.2 Å². The lowest BCUT2D eigenvalue weighted by Gasteiger charge is -2.10. The van der Waals surface area contributed by atoms with Gasteiger partial charge in [-0.1, -0.05) is 82.4 Å². The maximum absolute atomic E-state index is 3.57. The predicted octanol–water partition coefficient (Wildman–Crippen LogP) is 6.64. The van der Waals surface area contributed by atoms with Crippen LogP contribution in [-0.4, -0.2) is 6.54 Å². The molecule has 0 unspecified atom stereocenters. The molecule has 0 saturated carbocycles. The third-order valence-corrected chi connectivity index (χ3v) is 4.23. The van der Waals surface area contributed by atoms with Crippen LogP contribution in [-0.2, 0) is 0 Å². The Kier molecular flexibility index (Phi) is 10.0. The maximum atomic E-state index is 3.57. The first-order valence-corrected chi connectivity index (χ1v) is 9.05. The minimum Gasteiger partial charge on any atom is -0.385 e. The lowest BCUT2D eigenvalue weighted by molar-refractivity contribution is 0.560. The zero-order valence-electron chi connectivity index (χ0n) is 14.5. The Balaban J connectivity index is 1.93. The molecule has 0 saturated heterocycles. The Morgan fingerprint density at radius 3 is 1.90 bits per heavy atom. The molecule has 120 valence electrons. The molecule has 0 bridgehead atoms. The van der Waals surface area contributed by atoms with E-state index in [1.165, 1.54) is 81.0 Å². The van der Waals surface area contributed by atoms with Gasteiger partial charge in [0.05, 0.1) is 0 Å². The lowest BCUT2D eigenvalue weighted by Crippen LogP contribution is -2.03. The molecule has 1 aromatic carbocycles. The van der Waals surface area contributed by atoms with E-state index in [1.807, 2.05) is 0 Å². The van der Waals surface area contributed by atoms with Crippen molar-refractivity contribution in [2.75, 3.05) is 11.9 Å². The fourth-order valence-corrected chi connectivity index (χ4v) is 2.85. The summed E-state index contributed by atoms with van der Waals surface area (Å²) in [6.07, 6.45) is 14.0. The Morgan fingerprint density at radius 2 is 1.33 bits per heavy atom. The van der Waals surface area contributed by atoms with E-state index >= 15 is 0 Å². The number of anilines is 1. The van der Waals surface area contributed by atoms with E-state index in [-0.39, 0.29) is 0 Å². The first kappa shape index (κ1) is 18.1. The molecule has 0 radical (unpaired) electrons. The Labute approximate surface area is 132 Å². The van der Waals surface area contributed by atoms with Crippen LogP contribution >= 0.6 is 0 Å². The number of hydrogen-bond donors (Lipinski definition) is 1. The van der Waals surface area contributed by atoms with Gasteiger partial charge in [0.2, 0.25) is 0 Å². The number of aryl methyl sites for hydroxylation is 2. The van der Waals surface area contributed by atoms with Gasteiger partial charge in [0.1, 0.15) is 0 Å². The third kappa shape index (κ3) is 8.80. The van der Waals surface area contributed by atoms with Crippen LogP contribution in [0.25, 0.3) is 0 Å². The molecule has 0 atom stereocenters. The summed E-state index contributed by atoms with van der Waals surface area (Å²) >= 11 is 0. The van der Waals surface area contributed by atoms with Crippen LogP contribution < -0.4 is 5.32 Å². The van der Waals surface area contributed by atoms with Gasteiger partial charge in [-0.25, -0.2) is 0 Å². The second kappa shape index (κ2) is 11.7. The van der Waals surface area contributed by atoms with E-state index in [2.05, 4.69) is 44.3 Å². The fourth-order valence-electron chi connectivity index (χ4n) is 2.85. The molecule has 1 N–H and O–H groups in total. The van der Waals surface area contributed by atoms with Gasteiger partial charge in [-0.05, 0) is 31.9 Å². The smallest absolute Gasteiger partial charge is 0.0370 e. The largest absolute Gasteiger partial charge is 0.385 e. The van der Waals surface area contributed by atoms with Crippen LogP contribution in [0.15, 0.2) is 18.2 Å². The Morgan fingerprint density at radius 1 is 0.762 bits per heavy atom. The van der Waals surface area contributed by atoms with Gasteiger partial charge in [0.15, 0.2) is 0 Å². The van der Waals surface area contributed by atoms with Gasteiger partial charge in [0.25, 0.3) is 0 Å². The lowest BCUT2D eigenvalue weighted by atomic mass is 10.1. The SMILES string of the molecule is CCCCCCCCCCCCNc1ccc(C)cc1C. The molecule has 1 rings (SSSR count). The van der Waals surface area contributed by atoms with Gasteiger partial charge in [-0.15, -0.1) is 0 Å². The number of rotatable bonds is 12. The van der Waals surface area contributed by atoms with Crippen LogP contribution in [0.1, 0.15) is 82.3 Å². The standard InChI is InChI=1S/C20H35N/c1-4-5-6-7-8-9-10-11-12-13-16-21-20-15-14-18(2)17-19(20)3/h14-15,17,21H,4-13,16H2,1-3H3. The summed E-state index contributed by atoms with van der Waals surface area (Å²) in [5.41, 5.74) is 4.01. The number of unbranched alkanes of at least 4 members (excludes halogenated alkanes) is 9. The highest BCUT2D eigenvalue weighted by atomic mass is 14.9. The number of benzene rings is 1. The molecule has 0 spiro atoms. The van der Waals surface area contributed by atoms with E-state index < -0.39 is 0 Å². The van der Waals surface area contributed by atoms with Gasteiger partial charge in [-0.2, -0.15) is 0 Å². The predicted molar refractivity (Wildman–Crippen MR) is 96.2 cm³/mol. The monoisotopic (exact) mass is 289 g/mol. The summed E-state index contributed by atoms with van der Waals surface area (Å²) < 4.78 is 0. The summed E-state index contributed by atoms with van der Waals surface area (Å²) in [5, 5.41) is 3.57. The highest BCUT2D eigenvalue weighted by Gasteiger charge is 1.97. The zero-order chi connectivity index (χ0) is 15.3. The van der Waals surface area contributed by atoms with Gasteiger partial charge in [-0.3, -0.25) is 0 Å². The average molecular weight is 290 g/mol. The van der Waals surface area contributed by atoms with Crippen LogP contribution in [0.2, 0.25) is 0 Å². The van der Waals surface area contributed by atoms with Crippen molar-refractivity contribution < 1.29 is 0 Å². The molecule has 0 aliphatic carbocycles. The van der Waals surface area contributed by atoms with Crippen molar-refractivity contribution in [3.05, 3.63) is 29.3 Å². The molecule has 0 fully saturated rings. The number of nitrogens with one attached hydrogen (secondary N) is 1. The molecule has 0 amide bonds. The second-order valence-corrected chi connectivity index (χ2v) is 6.43. The summed E-state index contributed by atoms with van der Waals surface area (Å²) in [7, 11) is 0. The van der Waals surface area contributed by atoms with Crippen molar-refractivity contribution >= 4 is 5.69 Å². The van der Waals surface area contributed by atoms with E-state index in [4.69, 9.17) is 0 Å². The van der Waals surface area contributed by atoms with E-state index in [0.717, 1.165) is 6.54 Å². The van der Waals surface area contributed by atoms with E-state index in [9.17, 15) is 0 Å². The molecule has 0 aliphatic heterocycles. The van der Waals surface area contributed by atoms with Crippen molar-refractivity contribution in [2.45, 2.75) is 85.0 Å². The first-order valence-electron chi connectivity index (χ1n) is 9.05. The fraction of sp³-hybridized carbons (Fsp3) is 0.700. The number of hydrogen-bond acceptors (Lipinski definition) is 1. The summed E-state index contributed by atoms with van der Waals surface area (Å²) in [4.78, 5) is 0. The molecular formula is C20H35N. The minimum atomic E-state index is 1.11. The molecule has 0 aliphatic rings. The second-order valence-electron chi connectivity index (χ2n) is 6.43. The molecule has 1 aromatic rings. The highest BCUT2D eigenvalue weighted by Crippen LogP contribution is 2.16. The molecule has 0 heterocycles. The van der Waals surface area contributed by atoms with E-state index in [0.29, 0.717) is 0 Å². The molecule has 1 nitrogen and oxygen atoms in total. The zero-order valence-corrected chi connectivity index (χ0v) is 14.5. The first-order chi connectivity index (χ1) is 10.2. The van der Waals surface area contributed by atoms with Crippen molar-refractivity contribution in [3.63, 3.8) is 0 Å². The molecule has 1 heteroatoms. The van der Waals surface area contributed by atoms with Crippen LogP contribution in [0.5, 0.6) is 0 Å². The normalized spacial score (nSPS) is 10.8. The summed E-state index contributed by atoms with van der Waals surface area (Å²) in [5.74, 6) is 0. The Bertz CT molecular complexity index is 370.